The van der Waals surface area contributed by atoms with Gasteiger partial charge in [0.25, 0.3) is 0 Å². The second kappa shape index (κ2) is 13.9. The van der Waals surface area contributed by atoms with Crippen LogP contribution in [-0.4, -0.2) is 35.4 Å². The van der Waals surface area contributed by atoms with Crippen molar-refractivity contribution in [2.45, 2.75) is 49.9 Å². The monoisotopic (exact) mass is 531 g/mol. The largest absolute Gasteiger partial charge is 0.368 e. The normalized spacial score (nSPS) is 13.8. The van der Waals surface area contributed by atoms with Crippen LogP contribution in [0.5, 0.6) is 0 Å². The highest BCUT2D eigenvalue weighted by Crippen LogP contribution is 2.49. The molecule has 0 aliphatic heterocycles. The first kappa shape index (κ1) is 29.1. The van der Waals surface area contributed by atoms with Crippen LogP contribution in [0.15, 0.2) is 91.0 Å². The number of rotatable bonds is 14. The highest BCUT2D eigenvalue weighted by Gasteiger charge is 2.39. The Morgan fingerprint density at radius 2 is 1.24 bits per heavy atom. The number of Topliss-reactive ketones (excluding diaryl/α,β-unsaturated/α-hetero) is 1. The molecular formula is C31H37N3O3S. The summed E-state index contributed by atoms with van der Waals surface area (Å²) < 4.78 is -0.647. The standard InChI is InChI=1S/C31H37N3O3S/c1-3-26(32)28(35)20-22(30(37)34-27(4-2)29(33)36)21-38-31(23-14-8-5-9-15-23,24-16-10-6-11-17-24)25-18-12-7-13-19-25/h5-19,22,26-27H,3-4,20-21,32H2,1-2H3,(H2,33,36)(H,34,37)/t22-,26-,27-/m1/s1. The molecule has 0 aliphatic rings. The van der Waals surface area contributed by atoms with E-state index in [1.54, 1.807) is 18.7 Å². The summed E-state index contributed by atoms with van der Waals surface area (Å²) in [6.07, 6.45) is 0.837. The van der Waals surface area contributed by atoms with Gasteiger partial charge in [0.1, 0.15) is 11.8 Å². The van der Waals surface area contributed by atoms with Gasteiger partial charge >= 0.3 is 0 Å². The van der Waals surface area contributed by atoms with Crippen molar-refractivity contribution in [1.82, 2.24) is 5.32 Å². The van der Waals surface area contributed by atoms with Gasteiger partial charge in [0.05, 0.1) is 16.7 Å². The summed E-state index contributed by atoms with van der Waals surface area (Å²) >= 11 is 1.60. The molecule has 0 fully saturated rings. The van der Waals surface area contributed by atoms with E-state index in [1.165, 1.54) is 0 Å². The topological polar surface area (TPSA) is 115 Å². The Labute approximate surface area is 229 Å². The van der Waals surface area contributed by atoms with Gasteiger partial charge in [-0.1, -0.05) is 105 Å². The average molecular weight is 532 g/mol. The minimum absolute atomic E-state index is 0.0164. The van der Waals surface area contributed by atoms with E-state index in [1.807, 2.05) is 61.5 Å². The Hall–Kier alpha value is -3.42. The number of primary amides is 1. The predicted molar refractivity (Wildman–Crippen MR) is 154 cm³/mol. The lowest BCUT2D eigenvalue weighted by atomic mass is 9.84. The number of hydrogen-bond donors (Lipinski definition) is 3. The number of amides is 2. The molecule has 3 aromatic carbocycles. The quantitative estimate of drug-likeness (QED) is 0.267. The van der Waals surface area contributed by atoms with Gasteiger partial charge in [-0.05, 0) is 29.5 Å². The molecule has 0 radical (unpaired) electrons. The van der Waals surface area contributed by atoms with Gasteiger partial charge in [0.15, 0.2) is 0 Å². The number of benzene rings is 3. The summed E-state index contributed by atoms with van der Waals surface area (Å²) in [5.41, 5.74) is 14.7. The highest BCUT2D eigenvalue weighted by molar-refractivity contribution is 8.00. The number of hydrogen-bond acceptors (Lipinski definition) is 5. The number of nitrogens with one attached hydrogen (secondary N) is 1. The summed E-state index contributed by atoms with van der Waals surface area (Å²) in [7, 11) is 0. The van der Waals surface area contributed by atoms with Crippen molar-refractivity contribution in [3.63, 3.8) is 0 Å². The van der Waals surface area contributed by atoms with Gasteiger partial charge in [-0.25, -0.2) is 0 Å². The van der Waals surface area contributed by atoms with Crippen molar-refractivity contribution < 1.29 is 14.4 Å². The zero-order chi connectivity index (χ0) is 27.5. The van der Waals surface area contributed by atoms with Crippen LogP contribution in [0, 0.1) is 5.92 Å². The fourth-order valence-electron chi connectivity index (χ4n) is 4.51. The molecule has 0 aliphatic carbocycles. The van der Waals surface area contributed by atoms with Crippen LogP contribution in [0.4, 0.5) is 0 Å². The molecule has 2 amide bonds. The zero-order valence-electron chi connectivity index (χ0n) is 22.0. The second-order valence-electron chi connectivity index (χ2n) is 9.34. The Kier molecular flexibility index (Phi) is 10.7. The number of thioether (sulfide) groups is 1. The molecule has 0 unspecified atom stereocenters. The molecule has 200 valence electrons. The van der Waals surface area contributed by atoms with E-state index < -0.39 is 28.7 Å². The molecule has 0 bridgehead atoms. The van der Waals surface area contributed by atoms with E-state index in [4.69, 9.17) is 11.5 Å². The van der Waals surface area contributed by atoms with Crippen LogP contribution in [0.3, 0.4) is 0 Å². The first-order chi connectivity index (χ1) is 18.3. The molecule has 0 saturated heterocycles. The van der Waals surface area contributed by atoms with Crippen LogP contribution in [0.25, 0.3) is 0 Å². The minimum Gasteiger partial charge on any atom is -0.368 e. The molecule has 6 nitrogen and oxygen atoms in total. The minimum atomic E-state index is -0.799. The third kappa shape index (κ3) is 6.91. The Balaban J connectivity index is 2.07. The summed E-state index contributed by atoms with van der Waals surface area (Å²) in [4.78, 5) is 38.2. The Morgan fingerprint density at radius 3 is 1.61 bits per heavy atom. The lowest BCUT2D eigenvalue weighted by Crippen LogP contribution is -2.47. The molecule has 0 aromatic heterocycles. The first-order valence-corrected chi connectivity index (χ1v) is 14.0. The summed E-state index contributed by atoms with van der Waals surface area (Å²) in [6.45, 7) is 3.63. The number of carbonyl (C=O) groups excluding carboxylic acids is 3. The fourth-order valence-corrected chi connectivity index (χ4v) is 6.14. The average Bonchev–Trinajstić information content (AvgIpc) is 2.96. The molecule has 0 spiro atoms. The maximum atomic E-state index is 13.5. The summed E-state index contributed by atoms with van der Waals surface area (Å²) in [5.74, 6) is -1.53. The van der Waals surface area contributed by atoms with Gasteiger partial charge in [0, 0.05) is 12.2 Å². The van der Waals surface area contributed by atoms with Crippen LogP contribution in [0.2, 0.25) is 0 Å². The maximum Gasteiger partial charge on any atom is 0.239 e. The van der Waals surface area contributed by atoms with Gasteiger partial charge in [-0.3, -0.25) is 14.4 Å². The second-order valence-corrected chi connectivity index (χ2v) is 10.6. The molecule has 38 heavy (non-hydrogen) atoms. The van der Waals surface area contributed by atoms with Gasteiger partial charge < -0.3 is 16.8 Å². The van der Waals surface area contributed by atoms with Crippen molar-refractivity contribution in [2.75, 3.05) is 5.75 Å². The van der Waals surface area contributed by atoms with Crippen LogP contribution in [-0.2, 0) is 19.1 Å². The molecule has 3 aromatic rings. The number of carbonyl (C=O) groups is 3. The van der Waals surface area contributed by atoms with Crippen molar-refractivity contribution in [1.29, 1.82) is 0 Å². The fraction of sp³-hybridized carbons (Fsp3) is 0.323. The lowest BCUT2D eigenvalue weighted by Gasteiger charge is -2.36. The van der Waals surface area contributed by atoms with Gasteiger partial charge in [-0.2, -0.15) is 0 Å². The van der Waals surface area contributed by atoms with Crippen LogP contribution < -0.4 is 16.8 Å². The summed E-state index contributed by atoms with van der Waals surface area (Å²) in [5, 5.41) is 2.76. The third-order valence-electron chi connectivity index (χ3n) is 6.78. The molecule has 7 heteroatoms. The highest BCUT2D eigenvalue weighted by atomic mass is 32.2. The van der Waals surface area contributed by atoms with Crippen LogP contribution in [0.1, 0.15) is 49.8 Å². The SMILES string of the molecule is CC[C@@H](N)C(=O)C[C@H](CSC(c1ccccc1)(c1ccccc1)c1ccccc1)C(=O)N[C@H](CC)C(N)=O. The van der Waals surface area contributed by atoms with E-state index >= 15 is 0 Å². The van der Waals surface area contributed by atoms with Crippen molar-refractivity contribution in [2.24, 2.45) is 17.4 Å². The molecule has 0 saturated carbocycles. The van der Waals surface area contributed by atoms with Crippen molar-refractivity contribution in [3.05, 3.63) is 108 Å². The molecular weight excluding hydrogens is 494 g/mol. The molecule has 5 N–H and O–H groups in total. The van der Waals surface area contributed by atoms with E-state index in [0.29, 0.717) is 18.6 Å². The van der Waals surface area contributed by atoms with E-state index in [-0.39, 0.29) is 18.1 Å². The molecule has 3 rings (SSSR count). The van der Waals surface area contributed by atoms with Crippen molar-refractivity contribution >= 4 is 29.4 Å². The van der Waals surface area contributed by atoms with E-state index in [0.717, 1.165) is 16.7 Å². The predicted octanol–water partition coefficient (Wildman–Crippen LogP) is 4.40. The first-order valence-electron chi connectivity index (χ1n) is 13.0. The lowest BCUT2D eigenvalue weighted by molar-refractivity contribution is -0.131. The smallest absolute Gasteiger partial charge is 0.239 e. The zero-order valence-corrected chi connectivity index (χ0v) is 22.8. The summed E-state index contributed by atoms with van der Waals surface area (Å²) in [6, 6.07) is 29.0. The Bertz CT molecular complexity index is 1090. The maximum absolute atomic E-state index is 13.5. The Morgan fingerprint density at radius 1 is 0.789 bits per heavy atom. The van der Waals surface area contributed by atoms with Gasteiger partial charge in [0.2, 0.25) is 11.8 Å². The van der Waals surface area contributed by atoms with Crippen molar-refractivity contribution in [3.8, 4) is 0 Å². The third-order valence-corrected chi connectivity index (χ3v) is 8.49. The molecule has 3 atom stereocenters. The number of nitrogens with two attached hydrogens (primary N) is 2. The van der Waals surface area contributed by atoms with Crippen LogP contribution >= 0.6 is 11.8 Å². The van der Waals surface area contributed by atoms with E-state index in [2.05, 4.69) is 41.7 Å². The van der Waals surface area contributed by atoms with Gasteiger partial charge in [-0.15, -0.1) is 11.8 Å². The number of ketones is 1. The molecule has 0 heterocycles. The van der Waals surface area contributed by atoms with E-state index in [9.17, 15) is 14.4 Å².